The maximum Gasteiger partial charge on any atom is 0.118 e. The molecule has 0 aromatic heterocycles. The Balaban J connectivity index is 1.81. The molecule has 2 N–H and O–H groups in total. The van der Waals surface area contributed by atoms with Crippen LogP contribution < -0.4 is 10.5 Å². The maximum atomic E-state index is 6.27. The minimum atomic E-state index is 0.771. The summed E-state index contributed by atoms with van der Waals surface area (Å²) in [5, 5.41) is 0. The summed E-state index contributed by atoms with van der Waals surface area (Å²) in [4.78, 5) is 0. The van der Waals surface area contributed by atoms with Crippen LogP contribution in [-0.2, 0) is 0 Å². The van der Waals surface area contributed by atoms with Gasteiger partial charge in [0.2, 0.25) is 0 Å². The van der Waals surface area contributed by atoms with Crippen LogP contribution in [-0.4, -0.2) is 7.11 Å². The Morgan fingerprint density at radius 1 is 0.955 bits per heavy atom. The molecule has 0 bridgehead atoms. The van der Waals surface area contributed by atoms with Crippen LogP contribution in [0.4, 0.5) is 0 Å². The molecule has 2 aromatic carbocycles. The quantitative estimate of drug-likeness (QED) is 0.908. The number of hydrogen-bond acceptors (Lipinski definition) is 2. The molecule has 0 saturated heterocycles. The van der Waals surface area contributed by atoms with E-state index >= 15 is 0 Å². The van der Waals surface area contributed by atoms with Gasteiger partial charge in [-0.25, -0.2) is 0 Å². The zero-order valence-electron chi connectivity index (χ0n) is 12.6. The van der Waals surface area contributed by atoms with Crippen molar-refractivity contribution in [2.75, 3.05) is 7.11 Å². The summed E-state index contributed by atoms with van der Waals surface area (Å²) in [6.07, 6.45) is 7.17. The van der Waals surface area contributed by atoms with Crippen LogP contribution in [0.5, 0.6) is 5.75 Å². The van der Waals surface area contributed by atoms with E-state index in [0.29, 0.717) is 0 Å². The predicted molar refractivity (Wildman–Crippen MR) is 92.3 cm³/mol. The third-order valence-electron chi connectivity index (χ3n) is 3.76. The third kappa shape index (κ3) is 3.12. The van der Waals surface area contributed by atoms with Crippen molar-refractivity contribution in [2.24, 2.45) is 5.73 Å². The van der Waals surface area contributed by atoms with Crippen LogP contribution in [0.15, 0.2) is 78.0 Å². The van der Waals surface area contributed by atoms with Crippen molar-refractivity contribution >= 4 is 11.6 Å². The van der Waals surface area contributed by atoms with Crippen molar-refractivity contribution in [3.63, 3.8) is 0 Å². The molecule has 0 unspecified atom stereocenters. The molecule has 22 heavy (non-hydrogen) atoms. The fourth-order valence-corrected chi connectivity index (χ4v) is 2.58. The van der Waals surface area contributed by atoms with Gasteiger partial charge in [-0.05, 0) is 28.8 Å². The van der Waals surface area contributed by atoms with E-state index in [0.717, 1.165) is 29.0 Å². The molecule has 0 aliphatic heterocycles. The molecule has 1 aliphatic rings. The van der Waals surface area contributed by atoms with Gasteiger partial charge in [0.25, 0.3) is 0 Å². The normalized spacial score (nSPS) is 16.1. The van der Waals surface area contributed by atoms with Gasteiger partial charge in [0, 0.05) is 17.7 Å². The highest BCUT2D eigenvalue weighted by molar-refractivity contribution is 5.80. The van der Waals surface area contributed by atoms with Gasteiger partial charge in [0.1, 0.15) is 5.75 Å². The Bertz CT molecular complexity index is 737. The van der Waals surface area contributed by atoms with Gasteiger partial charge >= 0.3 is 0 Å². The lowest BCUT2D eigenvalue weighted by Gasteiger charge is -2.15. The lowest BCUT2D eigenvalue weighted by molar-refractivity contribution is 0.415. The molecule has 2 aromatic rings. The number of hydrogen-bond donors (Lipinski definition) is 1. The van der Waals surface area contributed by atoms with E-state index in [1.165, 1.54) is 11.1 Å². The highest BCUT2D eigenvalue weighted by Crippen LogP contribution is 2.28. The summed E-state index contributed by atoms with van der Waals surface area (Å²) in [6.45, 7) is 0. The second kappa shape index (κ2) is 6.35. The third-order valence-corrected chi connectivity index (χ3v) is 3.76. The van der Waals surface area contributed by atoms with E-state index in [1.54, 1.807) is 7.11 Å². The predicted octanol–water partition coefficient (Wildman–Crippen LogP) is 4.41. The SMILES string of the molecule is COc1ccc(C=C2C=CC(c3ccccc3)=C(N)C2)cc1. The average Bonchev–Trinajstić information content (AvgIpc) is 2.56. The zero-order valence-corrected chi connectivity index (χ0v) is 12.6. The molecule has 110 valence electrons. The van der Waals surface area contributed by atoms with E-state index in [9.17, 15) is 0 Å². The number of benzene rings is 2. The fraction of sp³-hybridized carbons (Fsp3) is 0.100. The van der Waals surface area contributed by atoms with Crippen LogP contribution in [0.1, 0.15) is 17.5 Å². The Kier molecular flexibility index (Phi) is 4.10. The molecule has 0 radical (unpaired) electrons. The number of rotatable bonds is 3. The first-order valence-electron chi connectivity index (χ1n) is 7.33. The minimum absolute atomic E-state index is 0.771. The Morgan fingerprint density at radius 2 is 1.68 bits per heavy atom. The number of nitrogens with two attached hydrogens (primary N) is 1. The summed E-state index contributed by atoms with van der Waals surface area (Å²) >= 11 is 0. The van der Waals surface area contributed by atoms with Crippen molar-refractivity contribution < 1.29 is 4.74 Å². The second-order valence-corrected chi connectivity index (χ2v) is 5.31. The fourth-order valence-electron chi connectivity index (χ4n) is 2.58. The molecule has 0 amide bonds. The van der Waals surface area contributed by atoms with Gasteiger partial charge in [-0.15, -0.1) is 0 Å². The molecule has 0 atom stereocenters. The van der Waals surface area contributed by atoms with Crippen LogP contribution in [0.3, 0.4) is 0 Å². The van der Waals surface area contributed by atoms with Crippen molar-refractivity contribution in [1.82, 2.24) is 0 Å². The summed E-state index contributed by atoms with van der Waals surface area (Å²) in [5.74, 6) is 0.868. The number of ether oxygens (including phenoxy) is 1. The average molecular weight is 289 g/mol. The Morgan fingerprint density at radius 3 is 2.32 bits per heavy atom. The first kappa shape index (κ1) is 14.2. The van der Waals surface area contributed by atoms with Gasteiger partial charge in [-0.1, -0.05) is 60.7 Å². The van der Waals surface area contributed by atoms with E-state index in [2.05, 4.69) is 30.4 Å². The highest BCUT2D eigenvalue weighted by atomic mass is 16.5. The standard InChI is InChI=1S/C20H19NO/c1-22-18-10-7-15(8-11-18)13-16-9-12-19(20(21)14-16)17-5-3-2-4-6-17/h2-13H,14,21H2,1H3. The maximum absolute atomic E-state index is 6.27. The largest absolute Gasteiger partial charge is 0.497 e. The van der Waals surface area contributed by atoms with Crippen LogP contribution in [0.2, 0.25) is 0 Å². The molecule has 0 heterocycles. The summed E-state index contributed by atoms with van der Waals surface area (Å²) in [5.41, 5.74) is 11.8. The summed E-state index contributed by atoms with van der Waals surface area (Å²) < 4.78 is 5.18. The second-order valence-electron chi connectivity index (χ2n) is 5.31. The van der Waals surface area contributed by atoms with E-state index in [4.69, 9.17) is 10.5 Å². The zero-order chi connectivity index (χ0) is 15.4. The smallest absolute Gasteiger partial charge is 0.118 e. The monoisotopic (exact) mass is 289 g/mol. The topological polar surface area (TPSA) is 35.2 Å². The molecule has 0 fully saturated rings. The molecular formula is C20H19NO. The van der Waals surface area contributed by atoms with Gasteiger partial charge in [0.05, 0.1) is 7.11 Å². The van der Waals surface area contributed by atoms with Gasteiger partial charge in [-0.2, -0.15) is 0 Å². The first-order valence-corrected chi connectivity index (χ1v) is 7.33. The van der Waals surface area contributed by atoms with Crippen LogP contribution in [0.25, 0.3) is 11.6 Å². The van der Waals surface area contributed by atoms with Crippen molar-refractivity contribution in [1.29, 1.82) is 0 Å². The first-order chi connectivity index (χ1) is 10.8. The lowest BCUT2D eigenvalue weighted by Crippen LogP contribution is -2.05. The van der Waals surface area contributed by atoms with E-state index in [-0.39, 0.29) is 0 Å². The van der Waals surface area contributed by atoms with Crippen molar-refractivity contribution in [2.45, 2.75) is 6.42 Å². The van der Waals surface area contributed by atoms with Gasteiger partial charge in [0.15, 0.2) is 0 Å². The number of allylic oxidation sites excluding steroid dienone is 4. The van der Waals surface area contributed by atoms with Gasteiger partial charge in [-0.3, -0.25) is 0 Å². The summed E-state index contributed by atoms with van der Waals surface area (Å²) in [7, 11) is 1.67. The molecule has 3 rings (SSSR count). The van der Waals surface area contributed by atoms with E-state index in [1.807, 2.05) is 42.5 Å². The molecule has 2 nitrogen and oxygen atoms in total. The van der Waals surface area contributed by atoms with Crippen LogP contribution in [0, 0.1) is 0 Å². The molecule has 0 saturated carbocycles. The minimum Gasteiger partial charge on any atom is -0.497 e. The van der Waals surface area contributed by atoms with Crippen molar-refractivity contribution in [3.05, 3.63) is 89.1 Å². The molecule has 2 heteroatoms. The van der Waals surface area contributed by atoms with Crippen LogP contribution >= 0.6 is 0 Å². The molecule has 1 aliphatic carbocycles. The highest BCUT2D eigenvalue weighted by Gasteiger charge is 2.10. The lowest BCUT2D eigenvalue weighted by atomic mass is 9.93. The molecular weight excluding hydrogens is 270 g/mol. The van der Waals surface area contributed by atoms with Gasteiger partial charge < -0.3 is 10.5 Å². The van der Waals surface area contributed by atoms with Crippen molar-refractivity contribution in [3.8, 4) is 5.75 Å². The number of methoxy groups -OCH3 is 1. The Labute approximate surface area is 131 Å². The Hall–Kier alpha value is -2.74. The van der Waals surface area contributed by atoms with E-state index < -0.39 is 0 Å². The summed E-state index contributed by atoms with van der Waals surface area (Å²) in [6, 6.07) is 18.3. The molecule has 0 spiro atoms.